The van der Waals surface area contributed by atoms with Crippen molar-refractivity contribution in [3.8, 4) is 11.1 Å². The van der Waals surface area contributed by atoms with Crippen molar-refractivity contribution in [2.75, 3.05) is 0 Å². The zero-order valence-electron chi connectivity index (χ0n) is 22.2. The van der Waals surface area contributed by atoms with E-state index in [1.54, 1.807) is 0 Å². The van der Waals surface area contributed by atoms with Crippen molar-refractivity contribution in [3.05, 3.63) is 154 Å². The van der Waals surface area contributed by atoms with E-state index in [0.717, 1.165) is 12.8 Å². The molecule has 41 heavy (non-hydrogen) atoms. The van der Waals surface area contributed by atoms with E-state index in [1.165, 1.54) is 78.2 Å². The molecule has 3 heteroatoms. The van der Waals surface area contributed by atoms with Crippen molar-refractivity contribution in [1.29, 1.82) is 0 Å². The van der Waals surface area contributed by atoms with Crippen LogP contribution in [0.3, 0.4) is 0 Å². The van der Waals surface area contributed by atoms with Gasteiger partial charge in [0, 0.05) is 51.2 Å². The molecule has 196 valence electrons. The Balaban J connectivity index is 0.000000125. The molecule has 0 amide bonds. The van der Waals surface area contributed by atoms with Gasteiger partial charge in [-0.2, -0.15) is 0 Å². The Kier molecular flexibility index (Phi) is 6.25. The molecular formula is C38H25BrS2. The quantitative estimate of drug-likeness (QED) is 0.179. The Morgan fingerprint density at radius 1 is 0.488 bits per heavy atom. The average Bonchev–Trinajstić information content (AvgIpc) is 3.70. The van der Waals surface area contributed by atoms with E-state index in [2.05, 4.69) is 143 Å². The van der Waals surface area contributed by atoms with Gasteiger partial charge in [0.1, 0.15) is 0 Å². The fourth-order valence-electron chi connectivity index (χ4n) is 6.19. The number of hydrogen-bond donors (Lipinski definition) is 0. The maximum absolute atomic E-state index is 3.66. The highest BCUT2D eigenvalue weighted by Crippen LogP contribution is 2.45. The van der Waals surface area contributed by atoms with Gasteiger partial charge in [0.2, 0.25) is 0 Å². The summed E-state index contributed by atoms with van der Waals surface area (Å²) in [6, 6.07) is 45.9. The molecule has 0 N–H and O–H groups in total. The molecule has 2 aromatic heterocycles. The average molecular weight is 626 g/mol. The largest absolute Gasteiger partial charge is 0.135 e. The number of hydrogen-bond acceptors (Lipinski definition) is 2. The van der Waals surface area contributed by atoms with E-state index in [4.69, 9.17) is 0 Å². The smallest absolute Gasteiger partial charge is 0.0396 e. The number of benzene rings is 6. The minimum atomic E-state index is 0.964. The van der Waals surface area contributed by atoms with Gasteiger partial charge in [0.15, 0.2) is 0 Å². The third kappa shape index (κ3) is 4.31. The lowest BCUT2D eigenvalue weighted by atomic mass is 10.0. The summed E-state index contributed by atoms with van der Waals surface area (Å²) in [6.07, 6.45) is 2.04. The van der Waals surface area contributed by atoms with Crippen LogP contribution in [0.15, 0.2) is 132 Å². The SMILES string of the molecule is Brc1ccccc1Cc1cccc2c1sc1ccccc12.c1ccc2c(c1)Cc1c-2ccc2c1sc1ccccc12. The molecule has 0 saturated carbocycles. The molecule has 0 nitrogen and oxygen atoms in total. The maximum Gasteiger partial charge on any atom is 0.0396 e. The van der Waals surface area contributed by atoms with E-state index in [-0.39, 0.29) is 0 Å². The summed E-state index contributed by atoms with van der Waals surface area (Å²) in [5, 5.41) is 5.55. The van der Waals surface area contributed by atoms with Gasteiger partial charge in [-0.25, -0.2) is 0 Å². The molecule has 1 aliphatic carbocycles. The van der Waals surface area contributed by atoms with Crippen LogP contribution in [0.1, 0.15) is 22.3 Å². The predicted octanol–water partition coefficient (Wildman–Crippen LogP) is 12.0. The standard InChI is InChI=1S/C19H13BrS.C19H12S/c20-17-10-3-1-6-13(17)12-14-7-5-9-16-15-8-2-4-11-18(15)21-19(14)16;1-2-6-13-12(5-1)11-17-14(13)9-10-16-15-7-3-4-8-18(15)20-19(16)17/h1-11H,12H2;1-10H,11H2. The molecule has 1 aliphatic rings. The van der Waals surface area contributed by atoms with Gasteiger partial charge in [0.25, 0.3) is 0 Å². The van der Waals surface area contributed by atoms with Gasteiger partial charge in [-0.15, -0.1) is 22.7 Å². The highest BCUT2D eigenvalue weighted by Gasteiger charge is 2.21. The number of thiophene rings is 2. The lowest BCUT2D eigenvalue weighted by molar-refractivity contribution is 1.20. The first-order chi connectivity index (χ1) is 20.2. The highest BCUT2D eigenvalue weighted by molar-refractivity contribution is 9.10. The van der Waals surface area contributed by atoms with Gasteiger partial charge in [-0.05, 0) is 58.0 Å². The van der Waals surface area contributed by atoms with Gasteiger partial charge in [-0.3, -0.25) is 0 Å². The first kappa shape index (κ1) is 25.0. The van der Waals surface area contributed by atoms with Crippen LogP contribution in [0.5, 0.6) is 0 Å². The summed E-state index contributed by atoms with van der Waals surface area (Å²) in [7, 11) is 0. The summed E-state index contributed by atoms with van der Waals surface area (Å²) in [5.74, 6) is 0. The Hall–Kier alpha value is -3.76. The van der Waals surface area contributed by atoms with Crippen LogP contribution in [0.4, 0.5) is 0 Å². The fraction of sp³-hybridized carbons (Fsp3) is 0.0526. The Labute approximate surface area is 255 Å². The van der Waals surface area contributed by atoms with Gasteiger partial charge < -0.3 is 0 Å². The summed E-state index contributed by atoms with van der Waals surface area (Å²) in [4.78, 5) is 0. The van der Waals surface area contributed by atoms with Crippen LogP contribution in [-0.4, -0.2) is 0 Å². The summed E-state index contributed by atoms with van der Waals surface area (Å²) >= 11 is 7.49. The predicted molar refractivity (Wildman–Crippen MR) is 184 cm³/mol. The van der Waals surface area contributed by atoms with Crippen molar-refractivity contribution in [3.63, 3.8) is 0 Å². The zero-order chi connectivity index (χ0) is 27.3. The molecule has 0 atom stereocenters. The monoisotopic (exact) mass is 624 g/mol. The van der Waals surface area contributed by atoms with Crippen LogP contribution in [0.25, 0.3) is 51.5 Å². The first-order valence-electron chi connectivity index (χ1n) is 13.9. The summed E-state index contributed by atoms with van der Waals surface area (Å²) < 4.78 is 6.83. The van der Waals surface area contributed by atoms with Crippen molar-refractivity contribution >= 4 is 78.9 Å². The minimum Gasteiger partial charge on any atom is -0.135 e. The van der Waals surface area contributed by atoms with E-state index < -0.39 is 0 Å². The van der Waals surface area contributed by atoms with Crippen molar-refractivity contribution in [2.45, 2.75) is 12.8 Å². The van der Waals surface area contributed by atoms with E-state index in [0.29, 0.717) is 0 Å². The Bertz CT molecular complexity index is 2230. The lowest BCUT2D eigenvalue weighted by Gasteiger charge is -2.05. The van der Waals surface area contributed by atoms with Crippen molar-refractivity contribution in [2.24, 2.45) is 0 Å². The molecule has 0 spiro atoms. The third-order valence-electron chi connectivity index (χ3n) is 8.15. The van der Waals surface area contributed by atoms with Crippen molar-refractivity contribution < 1.29 is 0 Å². The second-order valence-corrected chi connectivity index (χ2v) is 13.5. The molecular weight excluding hydrogens is 600 g/mol. The molecule has 0 aliphatic heterocycles. The molecule has 0 radical (unpaired) electrons. The Morgan fingerprint density at radius 3 is 1.90 bits per heavy atom. The summed E-state index contributed by atoms with van der Waals surface area (Å²) in [5.41, 5.74) is 8.57. The lowest BCUT2D eigenvalue weighted by Crippen LogP contribution is -1.89. The minimum absolute atomic E-state index is 0.964. The third-order valence-corrected chi connectivity index (χ3v) is 11.4. The molecule has 6 aromatic carbocycles. The topological polar surface area (TPSA) is 0 Å². The molecule has 9 rings (SSSR count). The van der Waals surface area contributed by atoms with Crippen LogP contribution in [0, 0.1) is 0 Å². The van der Waals surface area contributed by atoms with Gasteiger partial charge >= 0.3 is 0 Å². The number of rotatable bonds is 2. The van der Waals surface area contributed by atoms with Gasteiger partial charge in [0.05, 0.1) is 0 Å². The highest BCUT2D eigenvalue weighted by atomic mass is 79.9. The summed E-state index contributed by atoms with van der Waals surface area (Å²) in [6.45, 7) is 0. The van der Waals surface area contributed by atoms with E-state index in [1.807, 2.05) is 22.7 Å². The second-order valence-electron chi connectivity index (χ2n) is 10.6. The molecule has 2 heterocycles. The van der Waals surface area contributed by atoms with Crippen molar-refractivity contribution in [1.82, 2.24) is 0 Å². The van der Waals surface area contributed by atoms with Crippen LogP contribution in [0.2, 0.25) is 0 Å². The number of halogens is 1. The second kappa shape index (κ2) is 10.3. The molecule has 0 bridgehead atoms. The fourth-order valence-corrected chi connectivity index (χ4v) is 9.08. The molecule has 8 aromatic rings. The van der Waals surface area contributed by atoms with Gasteiger partial charge in [-0.1, -0.05) is 125 Å². The first-order valence-corrected chi connectivity index (χ1v) is 16.3. The number of fused-ring (bicyclic) bond motifs is 10. The van der Waals surface area contributed by atoms with E-state index in [9.17, 15) is 0 Å². The molecule has 0 fully saturated rings. The maximum atomic E-state index is 3.66. The Morgan fingerprint density at radius 2 is 1.10 bits per heavy atom. The van der Waals surface area contributed by atoms with Crippen LogP contribution >= 0.6 is 38.6 Å². The molecule has 0 saturated heterocycles. The normalized spacial score (nSPS) is 12.0. The van der Waals surface area contributed by atoms with Crippen LogP contribution < -0.4 is 0 Å². The zero-order valence-corrected chi connectivity index (χ0v) is 25.5. The van der Waals surface area contributed by atoms with E-state index >= 15 is 0 Å². The van der Waals surface area contributed by atoms with Crippen LogP contribution in [-0.2, 0) is 12.8 Å². The molecule has 0 unspecified atom stereocenters.